The summed E-state index contributed by atoms with van der Waals surface area (Å²) in [6.45, 7) is 0. The highest BCUT2D eigenvalue weighted by molar-refractivity contribution is 5.75. The molecule has 0 fully saturated rings. The Bertz CT molecular complexity index is 1070. The molecule has 0 bridgehead atoms. The van der Waals surface area contributed by atoms with Crippen molar-refractivity contribution in [3.05, 3.63) is 53.1 Å². The van der Waals surface area contributed by atoms with Crippen LogP contribution in [0, 0.1) is 0 Å². The van der Waals surface area contributed by atoms with Gasteiger partial charge in [0.05, 0.1) is 6.20 Å². The van der Waals surface area contributed by atoms with Crippen molar-refractivity contribution in [2.45, 2.75) is 0 Å². The minimum absolute atomic E-state index is 0.185. The second kappa shape index (κ2) is 4.64. The number of pyridine rings is 1. The molecule has 114 valence electrons. The summed E-state index contributed by atoms with van der Waals surface area (Å²) < 4.78 is 4.17. The summed E-state index contributed by atoms with van der Waals surface area (Å²) in [5.41, 5.74) is 0.689. The van der Waals surface area contributed by atoms with E-state index in [1.165, 1.54) is 11.6 Å². The lowest BCUT2D eigenvalue weighted by atomic mass is 10.2. The molecule has 7 nitrogen and oxygen atoms in total. The Hall–Kier alpha value is -3.22. The standard InChI is InChI=1S/C16H13N5O2/c1-19-13-12(14(22)20(2)16(19)23)17-15(18-13)21-9-5-7-10-6-3-4-8-11(10)21/h3-9H,1-2H3. The summed E-state index contributed by atoms with van der Waals surface area (Å²) >= 11 is 0. The number of rotatable bonds is 1. The van der Waals surface area contributed by atoms with Crippen molar-refractivity contribution in [1.82, 2.24) is 19.1 Å². The molecule has 0 saturated carbocycles. The first-order chi connectivity index (χ1) is 11.1. The monoisotopic (exact) mass is 307 g/mol. The van der Waals surface area contributed by atoms with Crippen LogP contribution in [-0.4, -0.2) is 19.1 Å². The van der Waals surface area contributed by atoms with Gasteiger partial charge in [-0.15, -0.1) is 0 Å². The highest BCUT2D eigenvalue weighted by atomic mass is 16.3. The Morgan fingerprint density at radius 2 is 1.78 bits per heavy atom. The molecule has 0 saturated heterocycles. The number of hydrogen-bond acceptors (Lipinski definition) is 4. The molecule has 1 aromatic carbocycles. The van der Waals surface area contributed by atoms with Gasteiger partial charge in [-0.25, -0.2) is 4.79 Å². The summed E-state index contributed by atoms with van der Waals surface area (Å²) in [6, 6.07) is 11.7. The van der Waals surface area contributed by atoms with Gasteiger partial charge >= 0.3 is 11.6 Å². The molecular formula is C16H13N5O2. The topological polar surface area (TPSA) is 79.7 Å². The molecule has 0 radical (unpaired) electrons. The smallest absolute Gasteiger partial charge is 0.440 e. The minimum atomic E-state index is -0.442. The third kappa shape index (κ3) is 1.83. The van der Waals surface area contributed by atoms with Gasteiger partial charge < -0.3 is 9.67 Å². The normalized spacial score (nSPS) is 11.4. The van der Waals surface area contributed by atoms with Gasteiger partial charge in [0.15, 0.2) is 0 Å². The molecule has 0 unspecified atom stereocenters. The Morgan fingerprint density at radius 1 is 1.04 bits per heavy atom. The summed E-state index contributed by atoms with van der Waals surface area (Å²) in [7, 11) is 3.01. The van der Waals surface area contributed by atoms with E-state index >= 15 is 0 Å². The molecule has 2 aliphatic rings. The van der Waals surface area contributed by atoms with E-state index in [0.29, 0.717) is 5.95 Å². The summed E-state index contributed by atoms with van der Waals surface area (Å²) in [4.78, 5) is 20.8. The van der Waals surface area contributed by atoms with Crippen molar-refractivity contribution in [1.29, 1.82) is 0 Å². The third-order valence-electron chi connectivity index (χ3n) is 3.95. The zero-order chi connectivity index (χ0) is 16.1. The number of benzene rings is 1. The van der Waals surface area contributed by atoms with Crippen molar-refractivity contribution in [2.24, 2.45) is 14.1 Å². The number of fused-ring (bicyclic) bond motifs is 2. The van der Waals surface area contributed by atoms with Gasteiger partial charge in [-0.1, -0.05) is 23.2 Å². The molecule has 23 heavy (non-hydrogen) atoms. The van der Waals surface area contributed by atoms with Crippen LogP contribution in [0.5, 0.6) is 5.88 Å². The molecule has 1 aromatic heterocycles. The van der Waals surface area contributed by atoms with E-state index in [4.69, 9.17) is 0 Å². The van der Waals surface area contributed by atoms with E-state index in [9.17, 15) is 9.90 Å². The maximum absolute atomic E-state index is 12.2. The Kier molecular flexibility index (Phi) is 2.71. The predicted octanol–water partition coefficient (Wildman–Crippen LogP) is 0.122. The lowest BCUT2D eigenvalue weighted by Gasteiger charge is -2.14. The molecule has 0 spiro atoms. The predicted molar refractivity (Wildman–Crippen MR) is 81.4 cm³/mol. The number of imidazole rings is 1. The van der Waals surface area contributed by atoms with Gasteiger partial charge in [0.25, 0.3) is 5.82 Å². The van der Waals surface area contributed by atoms with Gasteiger partial charge in [-0.3, -0.25) is 4.57 Å². The maximum Gasteiger partial charge on any atom is 0.440 e. The van der Waals surface area contributed by atoms with Crippen molar-refractivity contribution in [3.8, 4) is 23.3 Å². The zero-order valence-corrected chi connectivity index (χ0v) is 12.6. The number of hydrogen-bond donors (Lipinski definition) is 0. The van der Waals surface area contributed by atoms with Crippen LogP contribution in [0.3, 0.4) is 0 Å². The largest absolute Gasteiger partial charge is 0.857 e. The first-order valence-corrected chi connectivity index (χ1v) is 7.08. The highest BCUT2D eigenvalue weighted by Crippen LogP contribution is 2.24. The molecule has 0 atom stereocenters. The number of aromatic nitrogens is 5. The van der Waals surface area contributed by atoms with Crippen LogP contribution < -0.4 is 15.4 Å². The summed E-state index contributed by atoms with van der Waals surface area (Å²) in [5.74, 6) is 0.214. The second-order valence-electron chi connectivity index (χ2n) is 5.34. The van der Waals surface area contributed by atoms with Crippen molar-refractivity contribution < 1.29 is 9.67 Å². The van der Waals surface area contributed by atoms with Gasteiger partial charge in [-0.05, 0) is 23.2 Å². The molecule has 0 aliphatic carbocycles. The van der Waals surface area contributed by atoms with E-state index in [1.807, 2.05) is 42.6 Å². The highest BCUT2D eigenvalue weighted by Gasteiger charge is 2.28. The quantitative estimate of drug-likeness (QED) is 0.468. The fraction of sp³-hybridized carbons (Fsp3) is 0.125. The molecule has 3 heterocycles. The number of para-hydroxylation sites is 1. The van der Waals surface area contributed by atoms with Crippen molar-refractivity contribution >= 4 is 10.9 Å². The molecular weight excluding hydrogens is 294 g/mol. The van der Waals surface area contributed by atoms with E-state index < -0.39 is 11.6 Å². The van der Waals surface area contributed by atoms with E-state index in [1.54, 1.807) is 11.6 Å². The first kappa shape index (κ1) is 13.4. The van der Waals surface area contributed by atoms with Gasteiger partial charge in [0.1, 0.15) is 5.52 Å². The van der Waals surface area contributed by atoms with Crippen LogP contribution in [0.1, 0.15) is 0 Å². The molecule has 2 aromatic rings. The van der Waals surface area contributed by atoms with Crippen LogP contribution in [0.2, 0.25) is 0 Å². The van der Waals surface area contributed by atoms with Crippen LogP contribution in [0.25, 0.3) is 28.4 Å². The Morgan fingerprint density at radius 3 is 2.61 bits per heavy atom. The fourth-order valence-electron chi connectivity index (χ4n) is 2.70. The lowest BCUT2D eigenvalue weighted by molar-refractivity contribution is -0.574. The summed E-state index contributed by atoms with van der Waals surface area (Å²) in [5, 5.41) is 13.3. The van der Waals surface area contributed by atoms with E-state index in [0.717, 1.165) is 15.5 Å². The molecule has 7 heteroatoms. The number of nitrogens with zero attached hydrogens (tertiary/aromatic N) is 5. The molecule has 0 N–H and O–H groups in total. The van der Waals surface area contributed by atoms with E-state index in [2.05, 4.69) is 9.97 Å². The average molecular weight is 307 g/mol. The van der Waals surface area contributed by atoms with Crippen molar-refractivity contribution in [2.75, 3.05) is 0 Å². The van der Waals surface area contributed by atoms with Crippen LogP contribution in [0.4, 0.5) is 0 Å². The van der Waals surface area contributed by atoms with Gasteiger partial charge in [0.2, 0.25) is 5.69 Å². The third-order valence-corrected chi connectivity index (χ3v) is 3.95. The molecule has 4 rings (SSSR count). The maximum atomic E-state index is 12.2. The Labute approximate surface area is 131 Å². The lowest BCUT2D eigenvalue weighted by Crippen LogP contribution is -2.32. The SMILES string of the molecule is Cn1c2nc(-[n+]3cccc4ccccc43)nc-2c([O-])n(C)c1=O. The molecule has 0 amide bonds. The second-order valence-corrected chi connectivity index (χ2v) is 5.34. The van der Waals surface area contributed by atoms with Crippen LogP contribution in [-0.2, 0) is 14.1 Å². The zero-order valence-electron chi connectivity index (χ0n) is 12.6. The minimum Gasteiger partial charge on any atom is -0.857 e. The van der Waals surface area contributed by atoms with Crippen LogP contribution >= 0.6 is 0 Å². The molecule has 2 aliphatic heterocycles. The fourth-order valence-corrected chi connectivity index (χ4v) is 2.70. The van der Waals surface area contributed by atoms with Gasteiger partial charge in [0, 0.05) is 25.4 Å². The van der Waals surface area contributed by atoms with Crippen LogP contribution in [0.15, 0.2) is 47.4 Å². The van der Waals surface area contributed by atoms with Gasteiger partial charge in [-0.2, -0.15) is 4.57 Å². The average Bonchev–Trinajstić information content (AvgIpc) is 3.03. The van der Waals surface area contributed by atoms with E-state index in [-0.39, 0.29) is 11.5 Å². The summed E-state index contributed by atoms with van der Waals surface area (Å²) in [6.07, 6.45) is 1.83. The van der Waals surface area contributed by atoms with Crippen molar-refractivity contribution in [3.63, 3.8) is 0 Å². The first-order valence-electron chi connectivity index (χ1n) is 7.08. The Balaban J connectivity index is 2.08.